The zero-order chi connectivity index (χ0) is 15.4. The fourth-order valence-corrected chi connectivity index (χ4v) is 2.86. The van der Waals surface area contributed by atoms with Gasteiger partial charge < -0.3 is 10.2 Å². The maximum absolute atomic E-state index is 12.7. The number of likely N-dealkylation sites (tertiary alicyclic amines) is 1. The number of Topliss-reactive ketones (excluding diaryl/α,β-unsaturated/α-hetero) is 1. The highest BCUT2D eigenvalue weighted by atomic mass is 16.1. The minimum Gasteiger partial charge on any atom is -0.355 e. The summed E-state index contributed by atoms with van der Waals surface area (Å²) in [5.74, 6) is 0.429. The maximum atomic E-state index is 12.7. The third-order valence-corrected chi connectivity index (χ3v) is 4.21. The van der Waals surface area contributed by atoms with Crippen LogP contribution in [0.5, 0.6) is 0 Å². The molecule has 0 saturated carbocycles. The average Bonchev–Trinajstić information content (AvgIpc) is 2.56. The Labute approximate surface area is 131 Å². The molecular formula is C18H21N3O. The van der Waals surface area contributed by atoms with E-state index in [9.17, 15) is 4.79 Å². The van der Waals surface area contributed by atoms with Crippen LogP contribution in [0.4, 0.5) is 11.4 Å². The van der Waals surface area contributed by atoms with Crippen LogP contribution in [0.1, 0.15) is 23.2 Å². The van der Waals surface area contributed by atoms with Crippen LogP contribution in [0.15, 0.2) is 48.8 Å². The van der Waals surface area contributed by atoms with Crippen LogP contribution in [0.3, 0.4) is 0 Å². The molecule has 1 aromatic heterocycles. The quantitative estimate of drug-likeness (QED) is 0.879. The molecule has 0 atom stereocenters. The van der Waals surface area contributed by atoms with Gasteiger partial charge >= 0.3 is 0 Å². The van der Waals surface area contributed by atoms with Gasteiger partial charge in [0.1, 0.15) is 0 Å². The Hall–Kier alpha value is -2.20. The number of ketones is 1. The molecule has 4 heteroatoms. The number of nitrogens with one attached hydrogen (secondary N) is 1. The molecule has 0 aliphatic carbocycles. The van der Waals surface area contributed by atoms with Crippen molar-refractivity contribution < 1.29 is 4.79 Å². The zero-order valence-electron chi connectivity index (χ0n) is 12.8. The van der Waals surface area contributed by atoms with E-state index in [1.54, 1.807) is 12.4 Å². The van der Waals surface area contributed by atoms with E-state index in [4.69, 9.17) is 0 Å². The first-order chi connectivity index (χ1) is 10.7. The lowest BCUT2D eigenvalue weighted by molar-refractivity contribution is 0.0857. The van der Waals surface area contributed by atoms with E-state index in [1.165, 1.54) is 0 Å². The summed E-state index contributed by atoms with van der Waals surface area (Å²) in [5.41, 5.74) is 2.71. The molecule has 0 amide bonds. The molecule has 0 bridgehead atoms. The number of rotatable bonds is 4. The Morgan fingerprint density at radius 2 is 1.86 bits per heavy atom. The summed E-state index contributed by atoms with van der Waals surface area (Å²) in [6, 6.07) is 11.6. The molecule has 4 nitrogen and oxygen atoms in total. The molecule has 0 unspecified atom stereocenters. The normalized spacial score (nSPS) is 16.4. The Balaban J connectivity index is 1.72. The average molecular weight is 295 g/mol. The third kappa shape index (κ3) is 3.52. The van der Waals surface area contributed by atoms with Crippen molar-refractivity contribution in [1.29, 1.82) is 0 Å². The molecule has 1 aliphatic heterocycles. The number of carbonyl (C=O) groups excluding carboxylic acids is 1. The summed E-state index contributed by atoms with van der Waals surface area (Å²) >= 11 is 0. The number of carbonyl (C=O) groups is 1. The predicted octanol–water partition coefficient (Wildman–Crippen LogP) is 3.35. The fraction of sp³-hybridized carbons (Fsp3) is 0.333. The van der Waals surface area contributed by atoms with Crippen LogP contribution in [-0.2, 0) is 0 Å². The van der Waals surface area contributed by atoms with Gasteiger partial charge in [0, 0.05) is 35.2 Å². The first-order valence-corrected chi connectivity index (χ1v) is 7.72. The van der Waals surface area contributed by atoms with Gasteiger partial charge in [-0.15, -0.1) is 0 Å². The standard InChI is InChI=1S/C18H21N3O/c1-21-11-7-14(8-12-21)18(22)15-3-2-4-17(13-15)20-16-5-9-19-10-6-16/h2-6,9-10,13-14H,7-8,11-12H2,1H3,(H,19,20). The van der Waals surface area contributed by atoms with Gasteiger partial charge in [-0.3, -0.25) is 9.78 Å². The van der Waals surface area contributed by atoms with Gasteiger partial charge in [-0.05, 0) is 57.2 Å². The molecule has 2 heterocycles. The molecule has 0 radical (unpaired) electrons. The first kappa shape index (κ1) is 14.7. The van der Waals surface area contributed by atoms with Crippen molar-refractivity contribution in [1.82, 2.24) is 9.88 Å². The predicted molar refractivity (Wildman–Crippen MR) is 88.5 cm³/mol. The van der Waals surface area contributed by atoms with Gasteiger partial charge in [0.2, 0.25) is 0 Å². The second-order valence-electron chi connectivity index (χ2n) is 5.88. The molecule has 114 valence electrons. The second-order valence-corrected chi connectivity index (χ2v) is 5.88. The van der Waals surface area contributed by atoms with Crippen LogP contribution in [0, 0.1) is 5.92 Å². The minimum atomic E-state index is 0.160. The Morgan fingerprint density at radius 1 is 1.14 bits per heavy atom. The van der Waals surface area contributed by atoms with E-state index in [0.717, 1.165) is 42.9 Å². The fourth-order valence-electron chi connectivity index (χ4n) is 2.86. The summed E-state index contributed by atoms with van der Waals surface area (Å²) in [4.78, 5) is 18.9. The number of aromatic nitrogens is 1. The number of anilines is 2. The van der Waals surface area contributed by atoms with E-state index in [-0.39, 0.29) is 11.7 Å². The number of hydrogen-bond acceptors (Lipinski definition) is 4. The summed E-state index contributed by atoms with van der Waals surface area (Å²) in [5, 5.41) is 3.31. The monoisotopic (exact) mass is 295 g/mol. The van der Waals surface area contributed by atoms with Gasteiger partial charge in [0.15, 0.2) is 5.78 Å². The van der Waals surface area contributed by atoms with Crippen LogP contribution < -0.4 is 5.32 Å². The summed E-state index contributed by atoms with van der Waals surface area (Å²) in [6.07, 6.45) is 5.40. The molecule has 1 N–H and O–H groups in total. The van der Waals surface area contributed by atoms with E-state index in [0.29, 0.717) is 0 Å². The van der Waals surface area contributed by atoms with Gasteiger partial charge in [-0.25, -0.2) is 0 Å². The Bertz CT molecular complexity index is 634. The lowest BCUT2D eigenvalue weighted by atomic mass is 9.89. The Morgan fingerprint density at radius 3 is 2.59 bits per heavy atom. The van der Waals surface area contributed by atoms with Crippen LogP contribution in [-0.4, -0.2) is 35.8 Å². The summed E-state index contributed by atoms with van der Waals surface area (Å²) < 4.78 is 0. The zero-order valence-corrected chi connectivity index (χ0v) is 12.8. The SMILES string of the molecule is CN1CCC(C(=O)c2cccc(Nc3ccncc3)c2)CC1. The number of hydrogen-bond donors (Lipinski definition) is 1. The van der Waals surface area contributed by atoms with E-state index in [2.05, 4.69) is 22.2 Å². The molecule has 2 aromatic rings. The number of benzene rings is 1. The lowest BCUT2D eigenvalue weighted by Crippen LogP contribution is -2.33. The summed E-state index contributed by atoms with van der Waals surface area (Å²) in [7, 11) is 2.11. The van der Waals surface area contributed by atoms with E-state index in [1.807, 2.05) is 36.4 Å². The van der Waals surface area contributed by atoms with E-state index < -0.39 is 0 Å². The van der Waals surface area contributed by atoms with Crippen LogP contribution >= 0.6 is 0 Å². The molecule has 1 aliphatic rings. The molecule has 0 spiro atoms. The minimum absolute atomic E-state index is 0.160. The summed E-state index contributed by atoms with van der Waals surface area (Å²) in [6.45, 7) is 2.01. The highest BCUT2D eigenvalue weighted by Gasteiger charge is 2.24. The van der Waals surface area contributed by atoms with Crippen molar-refractivity contribution in [2.75, 3.05) is 25.5 Å². The highest BCUT2D eigenvalue weighted by Crippen LogP contribution is 2.23. The highest BCUT2D eigenvalue weighted by molar-refractivity contribution is 5.98. The van der Waals surface area contributed by atoms with Crippen molar-refractivity contribution in [3.63, 3.8) is 0 Å². The third-order valence-electron chi connectivity index (χ3n) is 4.21. The molecule has 1 aromatic carbocycles. The molecular weight excluding hydrogens is 274 g/mol. The maximum Gasteiger partial charge on any atom is 0.166 e. The smallest absolute Gasteiger partial charge is 0.166 e. The number of nitrogens with zero attached hydrogens (tertiary/aromatic N) is 2. The van der Waals surface area contributed by atoms with Crippen LogP contribution in [0.2, 0.25) is 0 Å². The van der Waals surface area contributed by atoms with Crippen molar-refractivity contribution >= 4 is 17.2 Å². The topological polar surface area (TPSA) is 45.2 Å². The van der Waals surface area contributed by atoms with Crippen LogP contribution in [0.25, 0.3) is 0 Å². The van der Waals surface area contributed by atoms with E-state index >= 15 is 0 Å². The van der Waals surface area contributed by atoms with Gasteiger partial charge in [-0.2, -0.15) is 0 Å². The molecule has 3 rings (SSSR count). The van der Waals surface area contributed by atoms with Gasteiger partial charge in [0.25, 0.3) is 0 Å². The lowest BCUT2D eigenvalue weighted by Gasteiger charge is -2.28. The number of piperidine rings is 1. The second kappa shape index (κ2) is 6.71. The molecule has 1 saturated heterocycles. The van der Waals surface area contributed by atoms with Crippen molar-refractivity contribution in [3.8, 4) is 0 Å². The first-order valence-electron chi connectivity index (χ1n) is 7.72. The Kier molecular flexibility index (Phi) is 4.49. The molecule has 22 heavy (non-hydrogen) atoms. The molecule has 1 fully saturated rings. The van der Waals surface area contributed by atoms with Crippen molar-refractivity contribution in [2.45, 2.75) is 12.8 Å². The van der Waals surface area contributed by atoms with Crippen molar-refractivity contribution in [2.24, 2.45) is 5.92 Å². The van der Waals surface area contributed by atoms with Gasteiger partial charge in [-0.1, -0.05) is 12.1 Å². The van der Waals surface area contributed by atoms with Crippen molar-refractivity contribution in [3.05, 3.63) is 54.4 Å². The largest absolute Gasteiger partial charge is 0.355 e. The number of pyridine rings is 1. The van der Waals surface area contributed by atoms with Gasteiger partial charge in [0.05, 0.1) is 0 Å².